The molecule has 15 heavy (non-hydrogen) atoms. The van der Waals surface area contributed by atoms with Crippen LogP contribution in [0.2, 0.25) is 0 Å². The minimum Gasteiger partial charge on any atom is -0.399 e. The Bertz CT molecular complexity index is 288. The molecule has 0 atom stereocenters. The summed E-state index contributed by atoms with van der Waals surface area (Å²) >= 11 is 0. The van der Waals surface area contributed by atoms with E-state index in [-0.39, 0.29) is 30.7 Å². The Hall–Kier alpha value is -0.930. The van der Waals surface area contributed by atoms with E-state index in [4.69, 9.17) is 5.73 Å². The zero-order valence-corrected chi connectivity index (χ0v) is 10.2. The van der Waals surface area contributed by atoms with Gasteiger partial charge in [-0.2, -0.15) is 0 Å². The number of nitrogen functional groups attached to an aromatic ring is 1. The number of hydrogen-bond donors (Lipinski definition) is 2. The first-order chi connectivity index (χ1) is 6.18. The summed E-state index contributed by atoms with van der Waals surface area (Å²) in [5.74, 6) is 0.00967. The molecule has 0 saturated carbocycles. The third-order valence-electron chi connectivity index (χ3n) is 1.77. The summed E-state index contributed by atoms with van der Waals surface area (Å²) in [6, 6.07) is 7.67. The van der Waals surface area contributed by atoms with Crippen molar-refractivity contribution in [1.29, 1.82) is 0 Å². The number of carbonyl (C=O) groups is 1. The lowest BCUT2D eigenvalue weighted by Crippen LogP contribution is -2.22. The van der Waals surface area contributed by atoms with Gasteiger partial charge in [0.25, 0.3) is 0 Å². The molecule has 1 rings (SSSR count). The Morgan fingerprint density at radius 1 is 1.27 bits per heavy atom. The van der Waals surface area contributed by atoms with E-state index in [0.29, 0.717) is 6.54 Å². The van der Waals surface area contributed by atoms with Crippen molar-refractivity contribution in [2.75, 3.05) is 12.3 Å². The Kier molecular flexibility index (Phi) is 9.22. The lowest BCUT2D eigenvalue weighted by Gasteiger charge is -2.02. The zero-order chi connectivity index (χ0) is 9.68. The van der Waals surface area contributed by atoms with E-state index in [2.05, 4.69) is 5.32 Å². The van der Waals surface area contributed by atoms with Gasteiger partial charge in [-0.3, -0.25) is 4.79 Å². The number of halogens is 2. The first-order valence-corrected chi connectivity index (χ1v) is 4.27. The van der Waals surface area contributed by atoms with E-state index in [1.807, 2.05) is 24.3 Å². The maximum absolute atomic E-state index is 10.6. The fraction of sp³-hybridized carbons (Fsp3) is 0.300. The topological polar surface area (TPSA) is 55.1 Å². The number of carbonyl (C=O) groups excluding carboxylic acids is 1. The van der Waals surface area contributed by atoms with Crippen LogP contribution in [0.3, 0.4) is 0 Å². The molecule has 1 aromatic carbocycles. The van der Waals surface area contributed by atoms with Crippen LogP contribution in [0.5, 0.6) is 0 Å². The minimum atomic E-state index is 0. The van der Waals surface area contributed by atoms with Crippen molar-refractivity contribution < 1.29 is 4.79 Å². The van der Waals surface area contributed by atoms with E-state index < -0.39 is 0 Å². The molecule has 0 unspecified atom stereocenters. The molecule has 86 valence electrons. The molecule has 5 heteroatoms. The highest BCUT2D eigenvalue weighted by Crippen LogP contribution is 2.05. The summed E-state index contributed by atoms with van der Waals surface area (Å²) in [6.45, 7) is 2.20. The third-order valence-corrected chi connectivity index (χ3v) is 1.77. The minimum absolute atomic E-state index is 0. The van der Waals surface area contributed by atoms with E-state index in [1.165, 1.54) is 12.5 Å². The predicted octanol–water partition coefficient (Wildman–Crippen LogP) is 1.79. The Labute approximate surface area is 102 Å². The summed E-state index contributed by atoms with van der Waals surface area (Å²) in [5.41, 5.74) is 7.48. The molecule has 0 aliphatic rings. The van der Waals surface area contributed by atoms with E-state index in [1.54, 1.807) is 0 Å². The third kappa shape index (κ3) is 7.05. The lowest BCUT2D eigenvalue weighted by molar-refractivity contribution is -0.118. The average Bonchev–Trinajstić information content (AvgIpc) is 2.08. The molecule has 0 aliphatic heterocycles. The Morgan fingerprint density at radius 3 is 2.27 bits per heavy atom. The van der Waals surface area contributed by atoms with Crippen LogP contribution in [0.15, 0.2) is 24.3 Å². The van der Waals surface area contributed by atoms with Gasteiger partial charge in [-0.25, -0.2) is 0 Å². The highest BCUT2D eigenvalue weighted by Gasteiger charge is 1.93. The van der Waals surface area contributed by atoms with Crippen LogP contribution in [-0.4, -0.2) is 12.5 Å². The van der Waals surface area contributed by atoms with Gasteiger partial charge in [0.15, 0.2) is 0 Å². The molecular formula is C10H16Cl2N2O. The summed E-state index contributed by atoms with van der Waals surface area (Å²) in [4.78, 5) is 10.6. The second kappa shape index (κ2) is 8.38. The Morgan fingerprint density at radius 2 is 1.80 bits per heavy atom. The van der Waals surface area contributed by atoms with Crippen molar-refractivity contribution in [1.82, 2.24) is 5.32 Å². The summed E-state index contributed by atoms with van der Waals surface area (Å²) in [5, 5.41) is 2.74. The fourth-order valence-corrected chi connectivity index (χ4v) is 1.07. The zero-order valence-electron chi connectivity index (χ0n) is 8.53. The van der Waals surface area contributed by atoms with Crippen LogP contribution in [0.25, 0.3) is 0 Å². The van der Waals surface area contributed by atoms with Gasteiger partial charge in [0.1, 0.15) is 0 Å². The van der Waals surface area contributed by atoms with Crippen LogP contribution >= 0.6 is 24.8 Å². The first-order valence-electron chi connectivity index (χ1n) is 4.27. The monoisotopic (exact) mass is 250 g/mol. The molecular weight excluding hydrogens is 235 g/mol. The van der Waals surface area contributed by atoms with Gasteiger partial charge >= 0.3 is 0 Å². The molecule has 0 radical (unpaired) electrons. The number of anilines is 1. The van der Waals surface area contributed by atoms with Gasteiger partial charge in [0, 0.05) is 19.2 Å². The summed E-state index contributed by atoms with van der Waals surface area (Å²) in [7, 11) is 0. The predicted molar refractivity (Wildman–Crippen MR) is 67.7 cm³/mol. The van der Waals surface area contributed by atoms with E-state index >= 15 is 0 Å². The number of rotatable bonds is 3. The van der Waals surface area contributed by atoms with Crippen molar-refractivity contribution in [3.8, 4) is 0 Å². The summed E-state index contributed by atoms with van der Waals surface area (Å²) < 4.78 is 0. The molecule has 0 spiro atoms. The van der Waals surface area contributed by atoms with E-state index in [9.17, 15) is 4.79 Å². The van der Waals surface area contributed by atoms with Gasteiger partial charge in [-0.1, -0.05) is 12.1 Å². The maximum Gasteiger partial charge on any atom is 0.216 e. The van der Waals surface area contributed by atoms with Crippen LogP contribution < -0.4 is 11.1 Å². The smallest absolute Gasteiger partial charge is 0.216 e. The molecule has 0 saturated heterocycles. The molecule has 3 N–H and O–H groups in total. The maximum atomic E-state index is 10.6. The lowest BCUT2D eigenvalue weighted by atomic mass is 10.1. The molecule has 0 aromatic heterocycles. The number of nitrogens with one attached hydrogen (secondary N) is 1. The van der Waals surface area contributed by atoms with Crippen LogP contribution in [-0.2, 0) is 11.2 Å². The molecule has 1 aromatic rings. The van der Waals surface area contributed by atoms with Gasteiger partial charge in [-0.15, -0.1) is 24.8 Å². The van der Waals surface area contributed by atoms with Crippen molar-refractivity contribution in [3.05, 3.63) is 29.8 Å². The second-order valence-electron chi connectivity index (χ2n) is 2.97. The van der Waals surface area contributed by atoms with Gasteiger partial charge in [-0.05, 0) is 24.1 Å². The van der Waals surface area contributed by atoms with Crippen molar-refractivity contribution >= 4 is 36.4 Å². The van der Waals surface area contributed by atoms with Gasteiger partial charge in [0.2, 0.25) is 5.91 Å². The quantitative estimate of drug-likeness (QED) is 0.805. The number of amides is 1. The van der Waals surface area contributed by atoms with Crippen LogP contribution in [0.4, 0.5) is 5.69 Å². The van der Waals surface area contributed by atoms with E-state index in [0.717, 1.165) is 12.1 Å². The highest BCUT2D eigenvalue weighted by molar-refractivity contribution is 5.85. The number of hydrogen-bond acceptors (Lipinski definition) is 2. The van der Waals surface area contributed by atoms with Gasteiger partial charge in [0.05, 0.1) is 0 Å². The van der Waals surface area contributed by atoms with Crippen molar-refractivity contribution in [2.45, 2.75) is 13.3 Å². The molecule has 1 amide bonds. The Balaban J connectivity index is 0. The largest absolute Gasteiger partial charge is 0.399 e. The second-order valence-corrected chi connectivity index (χ2v) is 2.97. The number of benzene rings is 1. The standard InChI is InChI=1S/C10H14N2O.2ClH/c1-8(13)12-7-6-9-2-4-10(11)5-3-9;;/h2-5H,6-7,11H2,1H3,(H,12,13);2*1H. The molecule has 0 bridgehead atoms. The first kappa shape index (κ1) is 16.5. The molecule has 0 aliphatic carbocycles. The normalized spacial score (nSPS) is 8.33. The molecule has 0 heterocycles. The fourth-order valence-electron chi connectivity index (χ4n) is 1.07. The van der Waals surface area contributed by atoms with Crippen molar-refractivity contribution in [2.24, 2.45) is 0 Å². The number of nitrogens with two attached hydrogens (primary N) is 1. The average molecular weight is 251 g/mol. The van der Waals surface area contributed by atoms with Crippen LogP contribution in [0, 0.1) is 0 Å². The summed E-state index contributed by atoms with van der Waals surface area (Å²) in [6.07, 6.45) is 0.847. The van der Waals surface area contributed by atoms with Crippen LogP contribution in [0.1, 0.15) is 12.5 Å². The molecule has 3 nitrogen and oxygen atoms in total. The van der Waals surface area contributed by atoms with Gasteiger partial charge < -0.3 is 11.1 Å². The SMILES string of the molecule is CC(=O)NCCc1ccc(N)cc1.Cl.Cl. The highest BCUT2D eigenvalue weighted by atomic mass is 35.5. The molecule has 0 fully saturated rings. The van der Waals surface area contributed by atoms with Crippen molar-refractivity contribution in [3.63, 3.8) is 0 Å².